The van der Waals surface area contributed by atoms with Gasteiger partial charge in [0, 0.05) is 6.61 Å². The van der Waals surface area contributed by atoms with E-state index in [-0.39, 0.29) is 0 Å². The lowest BCUT2D eigenvalue weighted by atomic mass is 10.1. The zero-order valence-electron chi connectivity index (χ0n) is 28.0. The second-order valence-electron chi connectivity index (χ2n) is 12.1. The van der Waals surface area contributed by atoms with E-state index in [4.69, 9.17) is 19.3 Å². The van der Waals surface area contributed by atoms with Gasteiger partial charge in [0.25, 0.3) is 0 Å². The van der Waals surface area contributed by atoms with Crippen molar-refractivity contribution < 1.29 is 19.3 Å². The van der Waals surface area contributed by atoms with Crippen LogP contribution in [0.4, 0.5) is 0 Å². The van der Waals surface area contributed by atoms with E-state index < -0.39 is 0 Å². The average Bonchev–Trinajstić information content (AvgIpc) is 3.02. The molecule has 0 aliphatic heterocycles. The van der Waals surface area contributed by atoms with Crippen molar-refractivity contribution in [3.05, 3.63) is 43.5 Å². The van der Waals surface area contributed by atoms with E-state index >= 15 is 0 Å². The van der Waals surface area contributed by atoms with Gasteiger partial charge in [0.05, 0.1) is 19.8 Å². The molecule has 1 N–H and O–H groups in total. The van der Waals surface area contributed by atoms with Crippen LogP contribution in [-0.4, -0.2) is 31.5 Å². The number of hydrogen-bond donors (Lipinski definition) is 1. The molecule has 1 aromatic rings. The Balaban J connectivity index is 2.41. The fraction of sp³-hybridized carbons (Fsp3) is 0.744. The third kappa shape index (κ3) is 24.1. The lowest BCUT2D eigenvalue weighted by Crippen LogP contribution is -2.06. The molecule has 43 heavy (non-hydrogen) atoms. The Labute approximate surface area is 266 Å². The van der Waals surface area contributed by atoms with Crippen LogP contribution in [0.3, 0.4) is 0 Å². The number of allylic oxidation sites excluding steroid dienone is 2. The highest BCUT2D eigenvalue weighted by Gasteiger charge is 2.13. The minimum absolute atomic E-state index is 0.328. The van der Waals surface area contributed by atoms with Crippen molar-refractivity contribution >= 4 is 0 Å². The summed E-state index contributed by atoms with van der Waals surface area (Å²) < 4.78 is 18.8. The van der Waals surface area contributed by atoms with Crippen molar-refractivity contribution in [2.75, 3.05) is 26.4 Å². The predicted octanol–water partition coefficient (Wildman–Crippen LogP) is 11.9. The largest absolute Gasteiger partial charge is 0.490 e. The Hall–Kier alpha value is -1.94. The summed E-state index contributed by atoms with van der Waals surface area (Å²) in [6.07, 6.45) is 34.6. The van der Waals surface area contributed by atoms with Crippen LogP contribution in [-0.2, 0) is 0 Å². The minimum Gasteiger partial charge on any atom is -0.490 e. The lowest BCUT2D eigenvalue weighted by molar-refractivity contribution is 0.234. The van der Waals surface area contributed by atoms with Gasteiger partial charge in [0.2, 0.25) is 5.75 Å². The maximum Gasteiger partial charge on any atom is 0.203 e. The molecule has 0 aliphatic carbocycles. The van der Waals surface area contributed by atoms with Gasteiger partial charge in [-0.2, -0.15) is 0 Å². The summed E-state index contributed by atoms with van der Waals surface area (Å²) in [4.78, 5) is 0. The number of benzene rings is 1. The van der Waals surface area contributed by atoms with E-state index in [1.807, 2.05) is 30.4 Å². The molecular weight excluding hydrogens is 532 g/mol. The molecule has 4 nitrogen and oxygen atoms in total. The first kappa shape index (κ1) is 39.1. The van der Waals surface area contributed by atoms with Gasteiger partial charge in [-0.3, -0.25) is 0 Å². The van der Waals surface area contributed by atoms with E-state index in [2.05, 4.69) is 13.2 Å². The highest BCUT2D eigenvalue weighted by atomic mass is 16.5. The molecule has 0 saturated heterocycles. The smallest absolute Gasteiger partial charge is 0.203 e. The summed E-state index contributed by atoms with van der Waals surface area (Å²) in [6, 6.07) is 6.10. The Morgan fingerprint density at radius 2 is 0.767 bits per heavy atom. The van der Waals surface area contributed by atoms with E-state index in [1.54, 1.807) is 0 Å². The van der Waals surface area contributed by atoms with Crippen LogP contribution in [0.5, 0.6) is 17.2 Å². The second kappa shape index (κ2) is 31.5. The van der Waals surface area contributed by atoms with Crippen LogP contribution < -0.4 is 14.2 Å². The van der Waals surface area contributed by atoms with Gasteiger partial charge in [0.1, 0.15) is 0 Å². The summed E-state index contributed by atoms with van der Waals surface area (Å²) in [5.74, 6) is 2.43. The van der Waals surface area contributed by atoms with E-state index in [0.29, 0.717) is 13.2 Å². The molecule has 0 aromatic heterocycles. The maximum absolute atomic E-state index is 8.89. The second-order valence-corrected chi connectivity index (χ2v) is 12.1. The first-order chi connectivity index (χ1) is 21.3. The summed E-state index contributed by atoms with van der Waals surface area (Å²) in [5, 5.41) is 8.89. The van der Waals surface area contributed by atoms with E-state index in [0.717, 1.165) is 75.4 Å². The molecule has 0 amide bonds. The Morgan fingerprint density at radius 1 is 0.442 bits per heavy atom. The van der Waals surface area contributed by atoms with Gasteiger partial charge in [-0.25, -0.2) is 0 Å². The number of aliphatic hydroxyl groups is 1. The molecule has 4 heteroatoms. The van der Waals surface area contributed by atoms with Gasteiger partial charge >= 0.3 is 0 Å². The van der Waals surface area contributed by atoms with Gasteiger partial charge < -0.3 is 19.3 Å². The van der Waals surface area contributed by atoms with Gasteiger partial charge in [-0.05, 0) is 63.5 Å². The van der Waals surface area contributed by atoms with Gasteiger partial charge in [0.15, 0.2) is 11.5 Å². The highest BCUT2D eigenvalue weighted by Crippen LogP contribution is 2.38. The summed E-state index contributed by atoms with van der Waals surface area (Å²) in [5.41, 5.74) is 0. The van der Waals surface area contributed by atoms with Crippen molar-refractivity contribution in [2.45, 2.75) is 161 Å². The number of ether oxygens (including phenoxy) is 3. The molecule has 1 rings (SSSR count). The monoisotopic (exact) mass is 601 g/mol. The topological polar surface area (TPSA) is 47.9 Å². The first-order valence-electron chi connectivity index (χ1n) is 18.2. The van der Waals surface area contributed by atoms with Crippen molar-refractivity contribution in [1.82, 2.24) is 0 Å². The number of aliphatic hydroxyl groups excluding tert-OH is 1. The average molecular weight is 601 g/mol. The summed E-state index contributed by atoms with van der Waals surface area (Å²) in [7, 11) is 0. The Bertz CT molecular complexity index is 701. The molecule has 0 aliphatic rings. The molecule has 0 spiro atoms. The van der Waals surface area contributed by atoms with Crippen LogP contribution in [0.1, 0.15) is 161 Å². The standard InChI is InChI=1S/C39H68O4/c1-3-5-7-9-11-15-19-23-27-34-41-37-31-30-32-38(42-35-28-24-20-16-12-10-8-6-4-2)39(37)43-36-29-25-21-17-13-14-18-22-26-33-40/h3-4,30-32,40H,1-2,5-29,33-36H2. The maximum atomic E-state index is 8.89. The zero-order valence-corrected chi connectivity index (χ0v) is 28.0. The molecule has 0 bridgehead atoms. The summed E-state index contributed by atoms with van der Waals surface area (Å²) in [6.45, 7) is 10.1. The molecule has 0 radical (unpaired) electrons. The van der Waals surface area contributed by atoms with Gasteiger partial charge in [-0.1, -0.05) is 127 Å². The quantitative estimate of drug-likeness (QED) is 0.0631. The van der Waals surface area contributed by atoms with Crippen LogP contribution in [0.15, 0.2) is 43.5 Å². The molecular formula is C39H68O4. The number of unbranched alkanes of at least 4 members (excludes halogenated alkanes) is 22. The molecule has 0 fully saturated rings. The Kier molecular flexibility index (Phi) is 28.6. The molecule has 1 aromatic carbocycles. The number of hydrogen-bond acceptors (Lipinski definition) is 4. The van der Waals surface area contributed by atoms with Crippen LogP contribution in [0.2, 0.25) is 0 Å². The third-order valence-corrected chi connectivity index (χ3v) is 8.11. The third-order valence-electron chi connectivity index (χ3n) is 8.11. The molecule has 0 saturated carbocycles. The van der Waals surface area contributed by atoms with Crippen LogP contribution in [0, 0.1) is 0 Å². The normalized spacial score (nSPS) is 11.0. The SMILES string of the molecule is C=CCCCCCCCCCOc1cccc(OCCCCCCCCCC=C)c1OCCCCCCCCCCCO. The van der Waals surface area contributed by atoms with Gasteiger partial charge in [-0.15, -0.1) is 13.2 Å². The van der Waals surface area contributed by atoms with E-state index in [9.17, 15) is 0 Å². The fourth-order valence-corrected chi connectivity index (χ4v) is 5.40. The van der Waals surface area contributed by atoms with Crippen molar-refractivity contribution in [3.63, 3.8) is 0 Å². The minimum atomic E-state index is 0.328. The molecule has 248 valence electrons. The highest BCUT2D eigenvalue weighted by molar-refractivity contribution is 5.51. The molecule has 0 unspecified atom stereocenters. The fourth-order valence-electron chi connectivity index (χ4n) is 5.40. The number of rotatable bonds is 34. The first-order valence-corrected chi connectivity index (χ1v) is 18.2. The number of para-hydroxylation sites is 1. The van der Waals surface area contributed by atoms with E-state index in [1.165, 1.54) is 116 Å². The van der Waals surface area contributed by atoms with Crippen molar-refractivity contribution in [2.24, 2.45) is 0 Å². The van der Waals surface area contributed by atoms with Crippen molar-refractivity contribution in [1.29, 1.82) is 0 Å². The summed E-state index contributed by atoms with van der Waals surface area (Å²) >= 11 is 0. The van der Waals surface area contributed by atoms with Crippen LogP contribution >= 0.6 is 0 Å². The lowest BCUT2D eigenvalue weighted by Gasteiger charge is -2.17. The Morgan fingerprint density at radius 3 is 1.14 bits per heavy atom. The zero-order chi connectivity index (χ0) is 30.9. The predicted molar refractivity (Wildman–Crippen MR) is 186 cm³/mol. The van der Waals surface area contributed by atoms with Crippen LogP contribution in [0.25, 0.3) is 0 Å². The molecule has 0 atom stereocenters. The van der Waals surface area contributed by atoms with Crippen molar-refractivity contribution in [3.8, 4) is 17.2 Å². The molecule has 0 heterocycles.